The van der Waals surface area contributed by atoms with Gasteiger partial charge in [0, 0.05) is 21.2 Å². The predicted molar refractivity (Wildman–Crippen MR) is 145 cm³/mol. The van der Waals surface area contributed by atoms with Crippen LogP contribution in [0, 0.1) is 0 Å². The Labute approximate surface area is 227 Å². The van der Waals surface area contributed by atoms with E-state index in [0.717, 1.165) is 15.7 Å². The van der Waals surface area contributed by atoms with E-state index in [0.29, 0.717) is 26.9 Å². The lowest BCUT2D eigenvalue weighted by atomic mass is 9.99. The average molecular weight is 552 g/mol. The molecule has 4 aromatic rings. The van der Waals surface area contributed by atoms with Crippen molar-refractivity contribution in [3.63, 3.8) is 0 Å². The lowest BCUT2D eigenvalue weighted by Gasteiger charge is -2.27. The van der Waals surface area contributed by atoms with Crippen LogP contribution in [0.3, 0.4) is 0 Å². The maximum absolute atomic E-state index is 13.5. The Kier molecular flexibility index (Phi) is 6.89. The summed E-state index contributed by atoms with van der Waals surface area (Å²) >= 11 is 18.5. The molecule has 0 atom stereocenters. The first-order valence-corrected chi connectivity index (χ1v) is 12.2. The molecular formula is C28H17Cl3N2O4. The zero-order valence-electron chi connectivity index (χ0n) is 19.0. The van der Waals surface area contributed by atoms with E-state index in [1.54, 1.807) is 42.5 Å². The number of amides is 4. The number of benzene rings is 4. The van der Waals surface area contributed by atoms with Crippen molar-refractivity contribution in [2.24, 2.45) is 0 Å². The van der Waals surface area contributed by atoms with Crippen LogP contribution < -0.4 is 15.0 Å². The smallest absolute Gasteiger partial charge is 0.335 e. The molecule has 1 aliphatic heterocycles. The number of rotatable bonds is 5. The van der Waals surface area contributed by atoms with Gasteiger partial charge in [-0.1, -0.05) is 83.3 Å². The fourth-order valence-electron chi connectivity index (χ4n) is 4.00. The van der Waals surface area contributed by atoms with Gasteiger partial charge in [0.2, 0.25) is 0 Å². The molecule has 1 saturated heterocycles. The largest absolute Gasteiger partial charge is 0.488 e. The fourth-order valence-corrected chi connectivity index (χ4v) is 4.68. The molecule has 1 heterocycles. The number of hydrogen-bond acceptors (Lipinski definition) is 4. The molecule has 0 aromatic heterocycles. The molecule has 0 aliphatic carbocycles. The second-order valence-electron chi connectivity index (χ2n) is 8.13. The third kappa shape index (κ3) is 4.91. The van der Waals surface area contributed by atoms with Gasteiger partial charge >= 0.3 is 6.03 Å². The summed E-state index contributed by atoms with van der Waals surface area (Å²) in [6, 6.07) is 21.7. The maximum Gasteiger partial charge on any atom is 0.335 e. The van der Waals surface area contributed by atoms with Crippen LogP contribution in [0.15, 0.2) is 84.4 Å². The van der Waals surface area contributed by atoms with Gasteiger partial charge in [-0.25, -0.2) is 9.69 Å². The number of carbonyl (C=O) groups is 3. The van der Waals surface area contributed by atoms with Crippen LogP contribution in [-0.2, 0) is 16.2 Å². The molecule has 1 aliphatic rings. The maximum atomic E-state index is 13.5. The number of imide groups is 2. The zero-order chi connectivity index (χ0) is 26.1. The third-order valence-electron chi connectivity index (χ3n) is 5.81. The molecule has 0 unspecified atom stereocenters. The molecule has 1 fully saturated rings. The number of nitrogens with one attached hydrogen (secondary N) is 1. The Balaban J connectivity index is 1.59. The van der Waals surface area contributed by atoms with Gasteiger partial charge in [0.15, 0.2) is 0 Å². The summed E-state index contributed by atoms with van der Waals surface area (Å²) in [5.41, 5.74) is 1.12. The minimum Gasteiger partial charge on any atom is -0.488 e. The summed E-state index contributed by atoms with van der Waals surface area (Å²) in [7, 11) is 0. The van der Waals surface area contributed by atoms with Crippen molar-refractivity contribution in [3.8, 4) is 5.75 Å². The number of nitrogens with zero attached hydrogens (tertiary/aromatic N) is 1. The van der Waals surface area contributed by atoms with Crippen molar-refractivity contribution < 1.29 is 19.1 Å². The summed E-state index contributed by atoms with van der Waals surface area (Å²) in [6.45, 7) is 0.120. The Hall–Kier alpha value is -3.84. The first-order chi connectivity index (χ1) is 17.8. The van der Waals surface area contributed by atoms with Crippen LogP contribution in [0.5, 0.6) is 5.75 Å². The van der Waals surface area contributed by atoms with E-state index in [4.69, 9.17) is 39.5 Å². The summed E-state index contributed by atoms with van der Waals surface area (Å²) in [5.74, 6) is -1.21. The number of urea groups is 1. The molecule has 184 valence electrons. The number of ether oxygens (including phenoxy) is 1. The normalized spacial score (nSPS) is 14.8. The summed E-state index contributed by atoms with van der Waals surface area (Å²) in [4.78, 5) is 39.7. The number of barbiturate groups is 1. The lowest BCUT2D eigenvalue weighted by Crippen LogP contribution is -2.54. The van der Waals surface area contributed by atoms with E-state index in [9.17, 15) is 14.4 Å². The topological polar surface area (TPSA) is 75.7 Å². The van der Waals surface area contributed by atoms with E-state index in [-0.39, 0.29) is 22.9 Å². The number of hydrogen-bond donors (Lipinski definition) is 1. The van der Waals surface area contributed by atoms with Gasteiger partial charge in [-0.3, -0.25) is 14.9 Å². The van der Waals surface area contributed by atoms with Gasteiger partial charge in [-0.15, -0.1) is 0 Å². The van der Waals surface area contributed by atoms with Gasteiger partial charge in [0.05, 0.1) is 10.7 Å². The van der Waals surface area contributed by atoms with Crippen LogP contribution in [0.2, 0.25) is 15.1 Å². The molecule has 9 heteroatoms. The zero-order valence-corrected chi connectivity index (χ0v) is 21.3. The van der Waals surface area contributed by atoms with Crippen LogP contribution in [-0.4, -0.2) is 17.8 Å². The molecule has 0 bridgehead atoms. The highest BCUT2D eigenvalue weighted by Crippen LogP contribution is 2.34. The Bertz CT molecular complexity index is 1620. The molecule has 4 amide bonds. The van der Waals surface area contributed by atoms with Crippen LogP contribution in [0.4, 0.5) is 10.5 Å². The minimum atomic E-state index is -0.882. The molecule has 5 rings (SSSR count). The Morgan fingerprint density at radius 3 is 2.38 bits per heavy atom. The number of carbonyl (C=O) groups excluding carboxylic acids is 3. The quantitative estimate of drug-likeness (QED) is 0.213. The summed E-state index contributed by atoms with van der Waals surface area (Å²) < 4.78 is 6.10. The van der Waals surface area contributed by atoms with E-state index in [1.807, 2.05) is 30.3 Å². The molecule has 1 N–H and O–H groups in total. The van der Waals surface area contributed by atoms with Crippen LogP contribution >= 0.6 is 34.8 Å². The average Bonchev–Trinajstić information content (AvgIpc) is 2.87. The van der Waals surface area contributed by atoms with E-state index >= 15 is 0 Å². The number of halogens is 3. The van der Waals surface area contributed by atoms with Gasteiger partial charge in [0.25, 0.3) is 11.8 Å². The van der Waals surface area contributed by atoms with Gasteiger partial charge in [-0.2, -0.15) is 0 Å². The monoisotopic (exact) mass is 550 g/mol. The molecule has 0 saturated carbocycles. The first kappa shape index (κ1) is 24.8. The fraction of sp³-hybridized carbons (Fsp3) is 0.0357. The highest BCUT2D eigenvalue weighted by atomic mass is 35.5. The van der Waals surface area contributed by atoms with Crippen molar-refractivity contribution >= 4 is 75.2 Å². The van der Waals surface area contributed by atoms with E-state index in [2.05, 4.69) is 5.32 Å². The summed E-state index contributed by atoms with van der Waals surface area (Å²) in [5, 5.41) is 4.98. The van der Waals surface area contributed by atoms with Crippen molar-refractivity contribution in [2.45, 2.75) is 6.61 Å². The lowest BCUT2D eigenvalue weighted by molar-refractivity contribution is -0.122. The summed E-state index contributed by atoms with van der Waals surface area (Å²) in [6.07, 6.45) is 1.43. The molecule has 37 heavy (non-hydrogen) atoms. The van der Waals surface area contributed by atoms with Crippen molar-refractivity contribution in [1.29, 1.82) is 0 Å². The molecule has 0 spiro atoms. The Morgan fingerprint density at radius 2 is 1.59 bits per heavy atom. The second kappa shape index (κ2) is 10.3. The predicted octanol–water partition coefficient (Wildman–Crippen LogP) is 7.05. The molecule has 0 radical (unpaired) electrons. The first-order valence-electron chi connectivity index (χ1n) is 11.1. The van der Waals surface area contributed by atoms with Crippen molar-refractivity contribution in [2.75, 3.05) is 4.90 Å². The SMILES string of the molecule is O=C1NC(=O)N(c2ccccc2Cl)C(=O)/C1=C/c1c(OCc2ccc(Cl)cc2Cl)ccc2ccccc12. The van der Waals surface area contributed by atoms with E-state index in [1.165, 1.54) is 12.1 Å². The molecule has 4 aromatic carbocycles. The number of para-hydroxylation sites is 1. The van der Waals surface area contributed by atoms with Crippen LogP contribution in [0.25, 0.3) is 16.8 Å². The van der Waals surface area contributed by atoms with Gasteiger partial charge < -0.3 is 4.74 Å². The molecular weight excluding hydrogens is 535 g/mol. The van der Waals surface area contributed by atoms with Crippen molar-refractivity contribution in [3.05, 3.63) is 111 Å². The molecule has 6 nitrogen and oxygen atoms in total. The second-order valence-corrected chi connectivity index (χ2v) is 9.38. The van der Waals surface area contributed by atoms with Crippen molar-refractivity contribution in [1.82, 2.24) is 5.32 Å². The standard InChI is InChI=1S/C28H17Cl3N2O4/c29-18-11-9-17(23(31)13-18)15-37-25-12-10-16-5-1-2-6-19(16)20(25)14-21-26(34)32-28(36)33(27(21)35)24-8-4-3-7-22(24)30/h1-14H,15H2,(H,32,34,36)/b21-14+. The number of anilines is 1. The number of fused-ring (bicyclic) bond motifs is 1. The Morgan fingerprint density at radius 1 is 0.838 bits per heavy atom. The van der Waals surface area contributed by atoms with Gasteiger partial charge in [0.1, 0.15) is 17.9 Å². The minimum absolute atomic E-state index is 0.120. The highest BCUT2D eigenvalue weighted by Gasteiger charge is 2.38. The van der Waals surface area contributed by atoms with Gasteiger partial charge in [-0.05, 0) is 47.2 Å². The van der Waals surface area contributed by atoms with Crippen LogP contribution in [0.1, 0.15) is 11.1 Å². The third-order valence-corrected chi connectivity index (χ3v) is 6.72. The highest BCUT2D eigenvalue weighted by molar-refractivity contribution is 6.42. The van der Waals surface area contributed by atoms with E-state index < -0.39 is 17.8 Å².